The maximum Gasteiger partial charge on any atom is 0.343 e. The van der Waals surface area contributed by atoms with Crippen LogP contribution >= 0.6 is 39.3 Å². The van der Waals surface area contributed by atoms with Gasteiger partial charge in [-0.3, -0.25) is 14.5 Å². The highest BCUT2D eigenvalue weighted by molar-refractivity contribution is 9.10. The van der Waals surface area contributed by atoms with Crippen LogP contribution in [0.2, 0.25) is 5.02 Å². The van der Waals surface area contributed by atoms with E-state index in [2.05, 4.69) is 15.9 Å². The molecule has 3 aromatic rings. The molecule has 0 unspecified atom stereocenters. The first-order valence-corrected chi connectivity index (χ1v) is 12.9. The second kappa shape index (κ2) is 11.3. The molecule has 0 aliphatic carbocycles. The first-order valence-electron chi connectivity index (χ1n) is 10.9. The van der Waals surface area contributed by atoms with Gasteiger partial charge in [-0.05, 0) is 107 Å². The van der Waals surface area contributed by atoms with E-state index in [9.17, 15) is 14.4 Å². The summed E-state index contributed by atoms with van der Waals surface area (Å²) in [5.41, 5.74) is 3.10. The summed E-state index contributed by atoms with van der Waals surface area (Å²) in [6, 6.07) is 17.3. The van der Waals surface area contributed by atoms with Gasteiger partial charge in [-0.25, -0.2) is 4.79 Å². The number of ether oxygens (including phenoxy) is 2. The molecule has 2 amide bonds. The SMILES string of the molecule is Cc1ccc(C)c(OCCN2C(=O)S/C(=C\c3ccc(OC(=O)c4ccc(Cl)cc4)c(Br)c3)C2=O)c1. The number of rotatable bonds is 7. The van der Waals surface area contributed by atoms with Gasteiger partial charge < -0.3 is 9.47 Å². The molecular formula is C27H21BrClNO5S. The fraction of sp³-hybridized carbons (Fsp3) is 0.148. The van der Waals surface area contributed by atoms with Crippen LogP contribution in [0.3, 0.4) is 0 Å². The van der Waals surface area contributed by atoms with Crippen LogP contribution in [0.5, 0.6) is 11.5 Å². The van der Waals surface area contributed by atoms with Crippen molar-refractivity contribution in [2.24, 2.45) is 0 Å². The van der Waals surface area contributed by atoms with Gasteiger partial charge in [0, 0.05) is 5.02 Å². The second-order valence-corrected chi connectivity index (χ2v) is 10.3. The third kappa shape index (κ3) is 6.19. The normalized spacial score (nSPS) is 14.4. The Labute approximate surface area is 226 Å². The number of esters is 1. The lowest BCUT2D eigenvalue weighted by atomic mass is 10.1. The van der Waals surface area contributed by atoms with Gasteiger partial charge in [-0.2, -0.15) is 0 Å². The summed E-state index contributed by atoms with van der Waals surface area (Å²) in [6.07, 6.45) is 1.63. The highest BCUT2D eigenvalue weighted by Crippen LogP contribution is 2.34. The van der Waals surface area contributed by atoms with Crippen molar-refractivity contribution in [2.75, 3.05) is 13.2 Å². The third-order valence-corrected chi connectivity index (χ3v) is 7.11. The van der Waals surface area contributed by atoms with Crippen LogP contribution in [0, 0.1) is 13.8 Å². The molecule has 1 aliphatic rings. The number of hydrogen-bond acceptors (Lipinski definition) is 6. The van der Waals surface area contributed by atoms with Crippen molar-refractivity contribution >= 4 is 62.5 Å². The van der Waals surface area contributed by atoms with E-state index in [1.165, 1.54) is 4.90 Å². The second-order valence-electron chi connectivity index (χ2n) is 8.04. The summed E-state index contributed by atoms with van der Waals surface area (Å²) in [6.45, 7) is 4.27. The Kier molecular flexibility index (Phi) is 8.18. The molecule has 0 saturated carbocycles. The average Bonchev–Trinajstić information content (AvgIpc) is 3.10. The zero-order valence-corrected chi connectivity index (χ0v) is 22.6. The van der Waals surface area contributed by atoms with Crippen LogP contribution < -0.4 is 9.47 Å². The molecule has 0 spiro atoms. The lowest BCUT2D eigenvalue weighted by molar-refractivity contribution is -0.123. The lowest BCUT2D eigenvalue weighted by Crippen LogP contribution is -2.32. The number of carbonyl (C=O) groups excluding carboxylic acids is 3. The van der Waals surface area contributed by atoms with Gasteiger partial charge in [-0.1, -0.05) is 29.8 Å². The highest BCUT2D eigenvalue weighted by atomic mass is 79.9. The number of benzene rings is 3. The van der Waals surface area contributed by atoms with Gasteiger partial charge in [0.1, 0.15) is 18.1 Å². The molecule has 0 radical (unpaired) electrons. The Bertz CT molecular complexity index is 1370. The first kappa shape index (κ1) is 26.0. The molecule has 4 rings (SSSR count). The molecule has 3 aromatic carbocycles. The van der Waals surface area contributed by atoms with Crippen molar-refractivity contribution < 1.29 is 23.9 Å². The van der Waals surface area contributed by atoms with Gasteiger partial charge >= 0.3 is 5.97 Å². The maximum absolute atomic E-state index is 12.8. The summed E-state index contributed by atoms with van der Waals surface area (Å²) in [7, 11) is 0. The summed E-state index contributed by atoms with van der Waals surface area (Å²) in [5.74, 6) is 0.163. The molecular weight excluding hydrogens is 566 g/mol. The monoisotopic (exact) mass is 585 g/mol. The number of carbonyl (C=O) groups is 3. The molecule has 0 aromatic heterocycles. The minimum Gasteiger partial charge on any atom is -0.491 e. The van der Waals surface area contributed by atoms with E-state index in [4.69, 9.17) is 21.1 Å². The summed E-state index contributed by atoms with van der Waals surface area (Å²) >= 11 is 10.1. The van der Waals surface area contributed by atoms with Gasteiger partial charge in [0.05, 0.1) is 21.5 Å². The predicted octanol–water partition coefficient (Wildman–Crippen LogP) is 7.05. The van der Waals surface area contributed by atoms with Crippen LogP contribution in [-0.2, 0) is 4.79 Å². The zero-order valence-electron chi connectivity index (χ0n) is 19.4. The van der Waals surface area contributed by atoms with Gasteiger partial charge in [-0.15, -0.1) is 0 Å². The van der Waals surface area contributed by atoms with Crippen LogP contribution in [0.25, 0.3) is 6.08 Å². The third-order valence-electron chi connectivity index (χ3n) is 5.33. The molecule has 1 fully saturated rings. The fourth-order valence-corrected chi connectivity index (χ4v) is 4.86. The van der Waals surface area contributed by atoms with Crippen LogP contribution in [0.15, 0.2) is 70.0 Å². The number of imide groups is 1. The summed E-state index contributed by atoms with van der Waals surface area (Å²) in [4.78, 5) is 39.1. The van der Waals surface area contributed by atoms with Crippen molar-refractivity contribution in [3.63, 3.8) is 0 Å². The summed E-state index contributed by atoms with van der Waals surface area (Å²) < 4.78 is 11.8. The van der Waals surface area contributed by atoms with E-state index in [0.29, 0.717) is 31.3 Å². The quantitative estimate of drug-likeness (QED) is 0.168. The molecule has 1 heterocycles. The van der Waals surface area contributed by atoms with Crippen LogP contribution in [0.4, 0.5) is 4.79 Å². The van der Waals surface area contributed by atoms with E-state index < -0.39 is 5.97 Å². The van der Waals surface area contributed by atoms with Crippen molar-refractivity contribution in [1.29, 1.82) is 0 Å². The largest absolute Gasteiger partial charge is 0.491 e. The number of nitrogens with zero attached hydrogens (tertiary/aromatic N) is 1. The van der Waals surface area contributed by atoms with Gasteiger partial charge in [0.2, 0.25) is 0 Å². The van der Waals surface area contributed by atoms with Crippen molar-refractivity contribution in [1.82, 2.24) is 4.90 Å². The molecule has 184 valence electrons. The van der Waals surface area contributed by atoms with E-state index in [-0.39, 0.29) is 24.3 Å². The Morgan fingerprint density at radius 2 is 1.78 bits per heavy atom. The molecule has 1 saturated heterocycles. The minimum absolute atomic E-state index is 0.151. The topological polar surface area (TPSA) is 72.9 Å². The summed E-state index contributed by atoms with van der Waals surface area (Å²) in [5, 5.41) is 0.179. The Balaban J connectivity index is 1.39. The zero-order chi connectivity index (χ0) is 25.8. The van der Waals surface area contributed by atoms with E-state index in [0.717, 1.165) is 28.6 Å². The van der Waals surface area contributed by atoms with Gasteiger partial charge in [0.25, 0.3) is 11.1 Å². The molecule has 9 heteroatoms. The van der Waals surface area contributed by atoms with Crippen LogP contribution in [-0.4, -0.2) is 35.2 Å². The smallest absolute Gasteiger partial charge is 0.343 e. The van der Waals surface area contributed by atoms with Crippen molar-refractivity contribution in [3.05, 3.63) is 97.3 Å². The van der Waals surface area contributed by atoms with E-state index in [1.54, 1.807) is 48.5 Å². The Morgan fingerprint density at radius 3 is 2.50 bits per heavy atom. The first-order chi connectivity index (χ1) is 17.2. The molecule has 1 aliphatic heterocycles. The highest BCUT2D eigenvalue weighted by Gasteiger charge is 2.34. The van der Waals surface area contributed by atoms with Crippen molar-refractivity contribution in [3.8, 4) is 11.5 Å². The Morgan fingerprint density at radius 1 is 1.03 bits per heavy atom. The number of thioether (sulfide) groups is 1. The standard InChI is InChI=1S/C27H21BrClNO5S/c1-16-3-4-17(2)23(13-16)34-12-11-30-25(31)24(36-27(30)33)15-18-5-10-22(21(28)14-18)35-26(32)19-6-8-20(29)9-7-19/h3-10,13-15H,11-12H2,1-2H3/b24-15-. The number of halogens is 2. The maximum atomic E-state index is 12.8. The van der Waals surface area contributed by atoms with Crippen LogP contribution in [0.1, 0.15) is 27.0 Å². The number of aryl methyl sites for hydroxylation is 2. The predicted molar refractivity (Wildman–Crippen MR) is 145 cm³/mol. The minimum atomic E-state index is -0.524. The molecule has 0 atom stereocenters. The fourth-order valence-electron chi connectivity index (χ4n) is 3.39. The number of amides is 2. The lowest BCUT2D eigenvalue weighted by Gasteiger charge is -2.14. The van der Waals surface area contributed by atoms with E-state index >= 15 is 0 Å². The van der Waals surface area contributed by atoms with E-state index in [1.807, 2.05) is 32.0 Å². The van der Waals surface area contributed by atoms with Gasteiger partial charge in [0.15, 0.2) is 0 Å². The average molecular weight is 587 g/mol. The molecule has 36 heavy (non-hydrogen) atoms. The van der Waals surface area contributed by atoms with Crippen molar-refractivity contribution in [2.45, 2.75) is 13.8 Å². The molecule has 0 bridgehead atoms. The molecule has 0 N–H and O–H groups in total. The molecule has 6 nitrogen and oxygen atoms in total. The number of hydrogen-bond donors (Lipinski definition) is 0. The Hall–Kier alpha value is -3.07.